The molecule has 3 rings (SSSR count). The van der Waals surface area contributed by atoms with Crippen molar-refractivity contribution in [1.29, 1.82) is 0 Å². The second kappa shape index (κ2) is 8.95. The molecule has 0 radical (unpaired) electrons. The van der Waals surface area contributed by atoms with Crippen LogP contribution in [-0.2, 0) is 23.8 Å². The van der Waals surface area contributed by atoms with E-state index in [1.807, 2.05) is 25.1 Å². The maximum atomic E-state index is 13.5. The molecular formula is C22H21F3N2O2S. The molecule has 0 N–H and O–H groups in total. The number of carbonyl (C=O) groups is 1. The zero-order valence-corrected chi connectivity index (χ0v) is 17.6. The van der Waals surface area contributed by atoms with E-state index >= 15 is 0 Å². The van der Waals surface area contributed by atoms with Crippen molar-refractivity contribution >= 4 is 17.8 Å². The Labute approximate surface area is 176 Å². The van der Waals surface area contributed by atoms with E-state index in [2.05, 4.69) is 9.36 Å². The summed E-state index contributed by atoms with van der Waals surface area (Å²) in [7, 11) is 0. The van der Waals surface area contributed by atoms with Crippen LogP contribution in [0.2, 0.25) is 0 Å². The van der Waals surface area contributed by atoms with Gasteiger partial charge < -0.3 is 9.53 Å². The molecule has 0 saturated heterocycles. The summed E-state index contributed by atoms with van der Waals surface area (Å²) in [6, 6.07) is 9.49. The predicted octanol–water partition coefficient (Wildman–Crippen LogP) is 5.98. The third-order valence-corrected chi connectivity index (χ3v) is 5.26. The fourth-order valence-electron chi connectivity index (χ4n) is 3.23. The van der Waals surface area contributed by atoms with Gasteiger partial charge in [0.25, 0.3) is 0 Å². The number of aromatic nitrogens is 2. The van der Waals surface area contributed by atoms with E-state index in [0.717, 1.165) is 40.6 Å². The average Bonchev–Trinajstić information content (AvgIpc) is 3.17. The van der Waals surface area contributed by atoms with Crippen LogP contribution in [0.15, 0.2) is 36.4 Å². The molecular weight excluding hydrogens is 413 g/mol. The van der Waals surface area contributed by atoms with Crippen LogP contribution in [0, 0.1) is 0 Å². The van der Waals surface area contributed by atoms with Gasteiger partial charge >= 0.3 is 6.18 Å². The monoisotopic (exact) mass is 434 g/mol. The number of nitrogens with zero attached hydrogens (tertiary/aromatic N) is 2. The van der Waals surface area contributed by atoms with Crippen LogP contribution in [0.25, 0.3) is 22.0 Å². The van der Waals surface area contributed by atoms with Gasteiger partial charge in [-0.15, -0.1) is 0 Å². The number of benzene rings is 2. The van der Waals surface area contributed by atoms with Gasteiger partial charge in [-0.2, -0.15) is 17.5 Å². The number of aldehydes is 1. The second-order valence-electron chi connectivity index (χ2n) is 6.97. The van der Waals surface area contributed by atoms with E-state index in [-0.39, 0.29) is 11.9 Å². The molecule has 2 aromatic carbocycles. The number of rotatable bonds is 7. The van der Waals surface area contributed by atoms with Crippen molar-refractivity contribution in [3.8, 4) is 27.7 Å². The number of alkyl halides is 3. The molecule has 4 nitrogen and oxygen atoms in total. The maximum absolute atomic E-state index is 13.5. The summed E-state index contributed by atoms with van der Waals surface area (Å²) in [4.78, 5) is 15.4. The second-order valence-corrected chi connectivity index (χ2v) is 7.72. The minimum absolute atomic E-state index is 0.208. The molecule has 0 saturated carbocycles. The van der Waals surface area contributed by atoms with E-state index in [0.29, 0.717) is 29.2 Å². The zero-order valence-electron chi connectivity index (χ0n) is 16.8. The van der Waals surface area contributed by atoms with Gasteiger partial charge in [-0.1, -0.05) is 25.1 Å². The molecule has 0 bridgehead atoms. The molecule has 0 atom stereocenters. The highest BCUT2D eigenvalue weighted by Gasteiger charge is 2.35. The number of hydrogen-bond donors (Lipinski definition) is 0. The average molecular weight is 434 g/mol. The van der Waals surface area contributed by atoms with Crippen LogP contribution in [0.5, 0.6) is 5.75 Å². The number of hydrogen-bond acceptors (Lipinski definition) is 5. The molecule has 0 aliphatic carbocycles. The Morgan fingerprint density at radius 2 is 1.97 bits per heavy atom. The topological polar surface area (TPSA) is 52.1 Å². The highest BCUT2D eigenvalue weighted by atomic mass is 32.1. The molecule has 30 heavy (non-hydrogen) atoms. The fraction of sp³-hybridized carbons (Fsp3) is 0.318. The quantitative estimate of drug-likeness (QED) is 0.429. The van der Waals surface area contributed by atoms with E-state index < -0.39 is 11.7 Å². The molecule has 0 aliphatic rings. The SMILES string of the molecule is CCc1c(CC=O)cccc1-c1nsc(-c2ccc(OC(C)C)c(C(F)(F)F)c2)n1. The van der Waals surface area contributed by atoms with Crippen molar-refractivity contribution in [1.82, 2.24) is 9.36 Å². The lowest BCUT2D eigenvalue weighted by atomic mass is 9.96. The molecule has 0 fully saturated rings. The van der Waals surface area contributed by atoms with Crippen LogP contribution in [0.1, 0.15) is 37.5 Å². The Hall–Kier alpha value is -2.74. The molecule has 8 heteroatoms. The lowest BCUT2D eigenvalue weighted by Crippen LogP contribution is -2.13. The summed E-state index contributed by atoms with van der Waals surface area (Å²) in [6.45, 7) is 5.33. The molecule has 158 valence electrons. The Balaban J connectivity index is 2.03. The maximum Gasteiger partial charge on any atom is 0.419 e. The summed E-state index contributed by atoms with van der Waals surface area (Å²) in [6.07, 6.45) is -3.10. The summed E-state index contributed by atoms with van der Waals surface area (Å²) in [5.74, 6) is 0.233. The van der Waals surface area contributed by atoms with Gasteiger partial charge in [-0.25, -0.2) is 4.98 Å². The van der Waals surface area contributed by atoms with Gasteiger partial charge in [0.05, 0.1) is 11.7 Å². The molecule has 1 heterocycles. The number of halogens is 3. The largest absolute Gasteiger partial charge is 0.490 e. The van der Waals surface area contributed by atoms with Crippen LogP contribution in [-0.4, -0.2) is 21.7 Å². The first kappa shape index (κ1) is 22.0. The molecule has 0 amide bonds. The first-order chi connectivity index (χ1) is 14.2. The summed E-state index contributed by atoms with van der Waals surface area (Å²) in [5.41, 5.74) is 2.13. The van der Waals surface area contributed by atoms with Gasteiger partial charge in [0.1, 0.15) is 17.0 Å². The van der Waals surface area contributed by atoms with Crippen molar-refractivity contribution in [2.45, 2.75) is 45.9 Å². The van der Waals surface area contributed by atoms with E-state index in [1.165, 1.54) is 6.07 Å². The van der Waals surface area contributed by atoms with E-state index in [1.54, 1.807) is 19.9 Å². The van der Waals surface area contributed by atoms with E-state index in [4.69, 9.17) is 4.74 Å². The summed E-state index contributed by atoms with van der Waals surface area (Å²) >= 11 is 1.04. The molecule has 1 aromatic heterocycles. The third kappa shape index (κ3) is 4.70. The molecule has 0 spiro atoms. The smallest absolute Gasteiger partial charge is 0.419 e. The standard InChI is InChI=1S/C22H21F3N2O2S/c1-4-16-14(10-11-28)6-5-7-17(16)20-26-21(30-27-20)15-8-9-19(29-13(2)3)18(12-15)22(23,24)25/h5-9,11-13H,4,10H2,1-3H3. The molecule has 3 aromatic rings. The normalized spacial score (nSPS) is 11.7. The van der Waals surface area contributed by atoms with Gasteiger partial charge in [0.15, 0.2) is 5.82 Å². The van der Waals surface area contributed by atoms with Gasteiger partial charge in [-0.3, -0.25) is 0 Å². The molecule has 0 aliphatic heterocycles. The minimum atomic E-state index is -4.55. The van der Waals surface area contributed by atoms with Crippen LogP contribution < -0.4 is 4.74 Å². The van der Waals surface area contributed by atoms with Crippen LogP contribution in [0.3, 0.4) is 0 Å². The van der Waals surface area contributed by atoms with Crippen LogP contribution >= 0.6 is 11.5 Å². The van der Waals surface area contributed by atoms with Gasteiger partial charge in [0, 0.05) is 17.5 Å². The lowest BCUT2D eigenvalue weighted by molar-refractivity contribution is -0.139. The van der Waals surface area contributed by atoms with Crippen LogP contribution in [0.4, 0.5) is 13.2 Å². The molecule has 0 unspecified atom stereocenters. The Bertz CT molecular complexity index is 1050. The number of ether oxygens (including phenoxy) is 1. The summed E-state index contributed by atoms with van der Waals surface area (Å²) < 4.78 is 50.3. The van der Waals surface area contributed by atoms with E-state index in [9.17, 15) is 18.0 Å². The Morgan fingerprint density at radius 3 is 2.60 bits per heavy atom. The van der Waals surface area contributed by atoms with Crippen molar-refractivity contribution in [2.75, 3.05) is 0 Å². The highest BCUT2D eigenvalue weighted by molar-refractivity contribution is 7.09. The van der Waals surface area contributed by atoms with Crippen molar-refractivity contribution in [3.63, 3.8) is 0 Å². The van der Waals surface area contributed by atoms with Gasteiger partial charge in [0.2, 0.25) is 0 Å². The Morgan fingerprint density at radius 1 is 1.20 bits per heavy atom. The number of carbonyl (C=O) groups excluding carboxylic acids is 1. The first-order valence-corrected chi connectivity index (χ1v) is 10.3. The predicted molar refractivity (Wildman–Crippen MR) is 111 cm³/mol. The fourth-order valence-corrected chi connectivity index (χ4v) is 3.91. The highest BCUT2D eigenvalue weighted by Crippen LogP contribution is 2.40. The Kier molecular flexibility index (Phi) is 6.55. The lowest BCUT2D eigenvalue weighted by Gasteiger charge is -2.16. The zero-order chi connectivity index (χ0) is 21.9. The van der Waals surface area contributed by atoms with Gasteiger partial charge in [-0.05, 0) is 61.1 Å². The van der Waals surface area contributed by atoms with Crippen molar-refractivity contribution < 1.29 is 22.7 Å². The van der Waals surface area contributed by atoms with Crippen molar-refractivity contribution in [2.24, 2.45) is 0 Å². The van der Waals surface area contributed by atoms with Crippen molar-refractivity contribution in [3.05, 3.63) is 53.1 Å². The third-order valence-electron chi connectivity index (χ3n) is 4.49. The summed E-state index contributed by atoms with van der Waals surface area (Å²) in [5, 5.41) is 0.384. The first-order valence-electron chi connectivity index (χ1n) is 9.51. The minimum Gasteiger partial charge on any atom is -0.490 e.